The van der Waals surface area contributed by atoms with E-state index in [9.17, 15) is 5.21 Å². The zero-order chi connectivity index (χ0) is 7.72. The molecule has 0 spiro atoms. The zero-order valence-electron chi connectivity index (χ0n) is 5.30. The van der Waals surface area contributed by atoms with Crippen molar-refractivity contribution in [2.75, 3.05) is 0 Å². The van der Waals surface area contributed by atoms with Gasteiger partial charge in [-0.1, -0.05) is 18.2 Å². The third kappa shape index (κ3) is 0.977. The molecule has 10 heavy (non-hydrogen) atoms. The van der Waals surface area contributed by atoms with Gasteiger partial charge in [0.25, 0.3) is 0 Å². The number of pyridine rings is 1. The molecule has 3 heteroatoms. The van der Waals surface area contributed by atoms with Crippen LogP contribution in [0.25, 0.3) is 13.2 Å². The lowest BCUT2D eigenvalue weighted by molar-refractivity contribution is -0.620. The van der Waals surface area contributed by atoms with Crippen LogP contribution in [0, 0.1) is 5.21 Å². The van der Waals surface area contributed by atoms with Crippen LogP contribution in [0.3, 0.4) is 0 Å². The molecule has 0 N–H and O–H groups in total. The van der Waals surface area contributed by atoms with Crippen LogP contribution in [-0.2, 0) is 0 Å². The van der Waals surface area contributed by atoms with Crippen LogP contribution in [0.15, 0.2) is 12.3 Å². The fraction of sp³-hybridized carbons (Fsp3) is 0. The molecule has 0 saturated heterocycles. The molecular weight excluding hydrogens is 150 g/mol. The molecule has 0 saturated carbocycles. The van der Waals surface area contributed by atoms with Crippen molar-refractivity contribution >= 4 is 24.8 Å². The Balaban J connectivity index is 3.67. The number of nitrogens with zero attached hydrogens (tertiary/aromatic N) is 1. The van der Waals surface area contributed by atoms with Crippen LogP contribution in [0.1, 0.15) is 0 Å². The smallest absolute Gasteiger partial charge is 0.217 e. The maximum absolute atomic E-state index is 10.7. The van der Waals surface area contributed by atoms with Gasteiger partial charge in [-0.2, -0.15) is 4.73 Å². The normalized spacial score (nSPS) is 9.70. The predicted molar refractivity (Wildman–Crippen MR) is 40.7 cm³/mol. The summed E-state index contributed by atoms with van der Waals surface area (Å²) in [6, 6.07) is 1.49. The number of hydrogen-bond donors (Lipinski definition) is 0. The highest BCUT2D eigenvalue weighted by Crippen LogP contribution is 1.92. The van der Waals surface area contributed by atoms with Crippen LogP contribution in [0.2, 0.25) is 5.02 Å². The van der Waals surface area contributed by atoms with Crippen molar-refractivity contribution in [2.24, 2.45) is 0 Å². The Morgan fingerprint density at radius 2 is 2.10 bits per heavy atom. The van der Waals surface area contributed by atoms with E-state index in [1.54, 1.807) is 0 Å². The Bertz CT molecular complexity index is 312. The molecule has 1 rings (SSSR count). The van der Waals surface area contributed by atoms with E-state index >= 15 is 0 Å². The molecule has 1 aromatic rings. The number of hydrogen-bond acceptors (Lipinski definition) is 1. The van der Waals surface area contributed by atoms with Gasteiger partial charge >= 0.3 is 0 Å². The molecule has 52 valence electrons. The van der Waals surface area contributed by atoms with E-state index in [0.29, 0.717) is 20.3 Å². The van der Waals surface area contributed by atoms with Crippen molar-refractivity contribution in [3.8, 4) is 0 Å². The zero-order valence-corrected chi connectivity index (χ0v) is 6.06. The third-order valence-corrected chi connectivity index (χ3v) is 1.61. The molecule has 0 aliphatic rings. The molecule has 0 bridgehead atoms. The lowest BCUT2D eigenvalue weighted by Crippen LogP contribution is -2.51. The summed E-state index contributed by atoms with van der Waals surface area (Å²) in [6.07, 6.45) is 1.30. The first-order valence-electron chi connectivity index (χ1n) is 2.68. The second-order valence-corrected chi connectivity index (χ2v) is 2.32. The van der Waals surface area contributed by atoms with Crippen molar-refractivity contribution in [3.05, 3.63) is 33.1 Å². The van der Waals surface area contributed by atoms with Gasteiger partial charge in [0.05, 0.1) is 10.2 Å². The minimum atomic E-state index is 0.299. The topological polar surface area (TPSA) is 26.9 Å². The molecule has 2 nitrogen and oxygen atoms in total. The van der Waals surface area contributed by atoms with Crippen molar-refractivity contribution in [2.45, 2.75) is 0 Å². The Labute approximate surface area is 63.3 Å². The minimum Gasteiger partial charge on any atom is -0.618 e. The fourth-order valence-electron chi connectivity index (χ4n) is 0.595. The molecule has 0 radical (unpaired) electrons. The van der Waals surface area contributed by atoms with Gasteiger partial charge in [0, 0.05) is 6.07 Å². The van der Waals surface area contributed by atoms with Crippen LogP contribution in [0.5, 0.6) is 0 Å². The molecule has 0 atom stereocenters. The van der Waals surface area contributed by atoms with Crippen molar-refractivity contribution in [3.63, 3.8) is 0 Å². The first-order chi connectivity index (χ1) is 4.63. The monoisotopic (exact) mass is 155 g/mol. The van der Waals surface area contributed by atoms with Crippen LogP contribution >= 0.6 is 11.6 Å². The van der Waals surface area contributed by atoms with Gasteiger partial charge in [-0.3, -0.25) is 0 Å². The maximum atomic E-state index is 10.7. The summed E-state index contributed by atoms with van der Waals surface area (Å²) in [5, 5.41) is 12.0. The SMILES string of the molecule is C=c1c(Cl)cc[n+]([O-])c1=C. The van der Waals surface area contributed by atoms with Crippen LogP contribution < -0.4 is 15.3 Å². The highest BCUT2D eigenvalue weighted by atomic mass is 35.5. The Kier molecular flexibility index (Phi) is 1.64. The molecule has 0 unspecified atom stereocenters. The van der Waals surface area contributed by atoms with E-state index in [4.69, 9.17) is 11.6 Å². The Hall–Kier alpha value is -1.02. The summed E-state index contributed by atoms with van der Waals surface area (Å²) in [4.78, 5) is 0. The third-order valence-electron chi connectivity index (χ3n) is 1.26. The van der Waals surface area contributed by atoms with Gasteiger partial charge < -0.3 is 5.21 Å². The second kappa shape index (κ2) is 2.31. The minimum absolute atomic E-state index is 0.299. The standard InChI is InChI=1S/C7H6ClNO/c1-5-6(2)9(10)4-3-7(5)8/h3-4H,1-2H2. The molecule has 0 aliphatic carbocycles. The summed E-state index contributed by atoms with van der Waals surface area (Å²) in [7, 11) is 0. The molecular formula is C7H6ClNO. The summed E-state index contributed by atoms with van der Waals surface area (Å²) >= 11 is 5.63. The van der Waals surface area contributed by atoms with E-state index in [-0.39, 0.29) is 0 Å². The largest absolute Gasteiger partial charge is 0.618 e. The second-order valence-electron chi connectivity index (χ2n) is 1.91. The molecule has 0 amide bonds. The fourth-order valence-corrected chi connectivity index (χ4v) is 0.760. The van der Waals surface area contributed by atoms with Gasteiger partial charge in [-0.05, 0) is 6.58 Å². The quantitative estimate of drug-likeness (QED) is 0.376. The van der Waals surface area contributed by atoms with E-state index < -0.39 is 0 Å². The molecule has 0 fully saturated rings. The average Bonchev–Trinajstić information content (AvgIpc) is 1.93. The lowest BCUT2D eigenvalue weighted by Gasteiger charge is -1.95. The summed E-state index contributed by atoms with van der Waals surface area (Å²) in [5.41, 5.74) is 0. The van der Waals surface area contributed by atoms with E-state index in [1.165, 1.54) is 12.3 Å². The van der Waals surface area contributed by atoms with Crippen molar-refractivity contribution in [1.82, 2.24) is 0 Å². The molecule has 1 aromatic heterocycles. The predicted octanol–water partition coefficient (Wildman–Crippen LogP) is -0.206. The van der Waals surface area contributed by atoms with E-state index in [2.05, 4.69) is 13.2 Å². The number of aromatic nitrogens is 1. The lowest BCUT2D eigenvalue weighted by atomic mass is 10.4. The number of halogens is 1. The van der Waals surface area contributed by atoms with Gasteiger partial charge in [0.1, 0.15) is 0 Å². The van der Waals surface area contributed by atoms with E-state index in [1.807, 2.05) is 0 Å². The first kappa shape index (κ1) is 7.09. The van der Waals surface area contributed by atoms with Gasteiger partial charge in [-0.15, -0.1) is 0 Å². The summed E-state index contributed by atoms with van der Waals surface area (Å²) < 4.78 is 0.633. The van der Waals surface area contributed by atoms with Gasteiger partial charge in [0.15, 0.2) is 6.20 Å². The van der Waals surface area contributed by atoms with Crippen molar-refractivity contribution in [1.29, 1.82) is 0 Å². The van der Waals surface area contributed by atoms with E-state index in [0.717, 1.165) is 0 Å². The van der Waals surface area contributed by atoms with Gasteiger partial charge in [0.2, 0.25) is 5.35 Å². The Morgan fingerprint density at radius 1 is 1.50 bits per heavy atom. The van der Waals surface area contributed by atoms with Crippen molar-refractivity contribution < 1.29 is 4.73 Å². The summed E-state index contributed by atoms with van der Waals surface area (Å²) in [5.74, 6) is 0. The molecule has 0 aliphatic heterocycles. The first-order valence-corrected chi connectivity index (χ1v) is 3.06. The molecule has 0 aromatic carbocycles. The molecule has 1 heterocycles. The van der Waals surface area contributed by atoms with Gasteiger partial charge in [-0.25, -0.2) is 0 Å². The summed E-state index contributed by atoms with van der Waals surface area (Å²) in [6.45, 7) is 7.05. The average molecular weight is 156 g/mol. The van der Waals surface area contributed by atoms with Crippen LogP contribution in [-0.4, -0.2) is 0 Å². The highest BCUT2D eigenvalue weighted by molar-refractivity contribution is 6.30. The number of rotatable bonds is 0. The maximum Gasteiger partial charge on any atom is 0.217 e. The van der Waals surface area contributed by atoms with Crippen LogP contribution in [0.4, 0.5) is 0 Å². The Morgan fingerprint density at radius 3 is 2.60 bits per heavy atom. The highest BCUT2D eigenvalue weighted by Gasteiger charge is 1.95.